The fourth-order valence-electron chi connectivity index (χ4n) is 2.64. The van der Waals surface area contributed by atoms with Gasteiger partial charge in [-0.1, -0.05) is 13.8 Å². The Bertz CT molecular complexity index is 744. The molecule has 0 aliphatic carbocycles. The zero-order chi connectivity index (χ0) is 23.6. The average molecular weight is 459 g/mol. The van der Waals surface area contributed by atoms with Crippen molar-refractivity contribution in [3.8, 4) is 0 Å². The predicted octanol–water partition coefficient (Wildman–Crippen LogP) is -2.21. The minimum absolute atomic E-state index is 0.0323. The maximum absolute atomic E-state index is 12.6. The molecule has 13 heteroatoms. The minimum Gasteiger partial charge on any atom is -0.480 e. The van der Waals surface area contributed by atoms with Gasteiger partial charge in [0.15, 0.2) is 0 Å². The lowest BCUT2D eigenvalue weighted by Gasteiger charge is -2.24. The molecule has 4 atom stereocenters. The molecule has 0 saturated heterocycles. The molecule has 3 amide bonds. The number of carboxylic acids is 1. The highest BCUT2D eigenvalue weighted by Gasteiger charge is 2.30. The van der Waals surface area contributed by atoms with Crippen LogP contribution in [0.3, 0.4) is 0 Å². The van der Waals surface area contributed by atoms with Crippen LogP contribution in [0.1, 0.15) is 26.0 Å². The van der Waals surface area contributed by atoms with Crippen LogP contribution in [0.2, 0.25) is 0 Å². The summed E-state index contributed by atoms with van der Waals surface area (Å²) in [6, 6.07) is -4.68. The van der Waals surface area contributed by atoms with Crippen LogP contribution in [-0.2, 0) is 25.6 Å². The van der Waals surface area contributed by atoms with Gasteiger partial charge in [-0.25, -0.2) is 9.78 Å². The van der Waals surface area contributed by atoms with Crippen LogP contribution in [0, 0.1) is 5.92 Å². The summed E-state index contributed by atoms with van der Waals surface area (Å²) in [4.78, 5) is 55.2. The summed E-state index contributed by atoms with van der Waals surface area (Å²) in [5.41, 5.74) is 6.30. The maximum atomic E-state index is 12.6. The molecular weight excluding hydrogens is 428 g/mol. The fraction of sp³-hybridized carbons (Fsp3) is 0.611. The second kappa shape index (κ2) is 12.9. The third kappa shape index (κ3) is 8.94. The number of rotatable bonds is 13. The van der Waals surface area contributed by atoms with E-state index in [2.05, 4.69) is 38.5 Å². The number of H-pyrrole nitrogens is 1. The van der Waals surface area contributed by atoms with Crippen LogP contribution in [0.25, 0.3) is 0 Å². The van der Waals surface area contributed by atoms with Crippen LogP contribution in [-0.4, -0.2) is 80.4 Å². The van der Waals surface area contributed by atoms with Crippen LogP contribution >= 0.6 is 12.6 Å². The normalized spacial score (nSPS) is 14.9. The topological polar surface area (TPSA) is 200 Å². The number of hydrogen-bond donors (Lipinski definition) is 8. The molecule has 0 aliphatic heterocycles. The smallest absolute Gasteiger partial charge is 0.327 e. The number of imidazole rings is 1. The standard InChI is InChI=1S/C18H30N6O6S/c1-9(2)3-11(19)15(26)23-13(6-25)17(28)22-12(4-10-5-20-8-21-10)16(27)24-14(7-31)18(29)30/h5,8-9,11-14,25,31H,3-4,6-7,19H2,1-2H3,(H,20,21)(H,22,28)(H,23,26)(H,24,27)(H,29,30). The Labute approximate surface area is 185 Å². The van der Waals surface area contributed by atoms with Gasteiger partial charge in [-0.05, 0) is 12.3 Å². The van der Waals surface area contributed by atoms with Crippen molar-refractivity contribution in [2.24, 2.45) is 11.7 Å². The number of nitrogens with one attached hydrogen (secondary N) is 4. The first-order valence-electron chi connectivity index (χ1n) is 9.67. The molecule has 0 spiro atoms. The van der Waals surface area contributed by atoms with Gasteiger partial charge in [-0.3, -0.25) is 14.4 Å². The van der Waals surface area contributed by atoms with Crippen molar-refractivity contribution in [3.63, 3.8) is 0 Å². The molecule has 1 aromatic rings. The van der Waals surface area contributed by atoms with Crippen molar-refractivity contribution in [1.82, 2.24) is 25.9 Å². The first-order valence-corrected chi connectivity index (χ1v) is 10.3. The molecule has 1 aromatic heterocycles. The van der Waals surface area contributed by atoms with Crippen LogP contribution < -0.4 is 21.7 Å². The lowest BCUT2D eigenvalue weighted by molar-refractivity contribution is -0.141. The zero-order valence-corrected chi connectivity index (χ0v) is 18.3. The Morgan fingerprint density at radius 3 is 2.16 bits per heavy atom. The minimum atomic E-state index is -1.34. The molecule has 1 rings (SSSR count). The van der Waals surface area contributed by atoms with Gasteiger partial charge < -0.3 is 36.9 Å². The van der Waals surface area contributed by atoms with Crippen molar-refractivity contribution in [3.05, 3.63) is 18.2 Å². The number of aliphatic hydroxyl groups is 1. The summed E-state index contributed by atoms with van der Waals surface area (Å²) in [7, 11) is 0. The molecule has 31 heavy (non-hydrogen) atoms. The Hall–Kier alpha value is -2.64. The van der Waals surface area contributed by atoms with Crippen LogP contribution in [0.5, 0.6) is 0 Å². The molecule has 12 nitrogen and oxygen atoms in total. The first kappa shape index (κ1) is 26.4. The van der Waals surface area contributed by atoms with Gasteiger partial charge in [0.05, 0.1) is 19.0 Å². The number of nitrogens with two attached hydrogens (primary N) is 1. The van der Waals surface area contributed by atoms with Gasteiger partial charge in [0, 0.05) is 24.1 Å². The summed E-state index contributed by atoms with van der Waals surface area (Å²) < 4.78 is 0. The molecule has 1 heterocycles. The van der Waals surface area contributed by atoms with Crippen LogP contribution in [0.15, 0.2) is 12.5 Å². The Balaban J connectivity index is 2.89. The molecule has 8 N–H and O–H groups in total. The molecule has 0 radical (unpaired) electrons. The number of nitrogens with zero attached hydrogens (tertiary/aromatic N) is 1. The van der Waals surface area contributed by atoms with Crippen molar-refractivity contribution in [2.45, 2.75) is 50.9 Å². The van der Waals surface area contributed by atoms with Gasteiger partial charge in [-0.15, -0.1) is 0 Å². The number of carbonyl (C=O) groups is 4. The SMILES string of the molecule is CC(C)CC(N)C(=O)NC(CO)C(=O)NC(Cc1cnc[nH]1)C(=O)NC(CS)C(=O)O. The van der Waals surface area contributed by atoms with E-state index in [0.29, 0.717) is 12.1 Å². The Morgan fingerprint density at radius 2 is 1.68 bits per heavy atom. The second-order valence-electron chi connectivity index (χ2n) is 7.40. The molecule has 0 bridgehead atoms. The Morgan fingerprint density at radius 1 is 1.10 bits per heavy atom. The quantitative estimate of drug-likeness (QED) is 0.152. The summed E-state index contributed by atoms with van der Waals surface area (Å²) in [6.07, 6.45) is 3.18. The van der Waals surface area contributed by atoms with Gasteiger partial charge in [0.2, 0.25) is 17.7 Å². The van der Waals surface area contributed by atoms with E-state index in [-0.39, 0.29) is 18.1 Å². The number of carbonyl (C=O) groups excluding carboxylic acids is 3. The number of aliphatic hydroxyl groups excluding tert-OH is 1. The third-order valence-corrected chi connectivity index (χ3v) is 4.65. The van der Waals surface area contributed by atoms with E-state index >= 15 is 0 Å². The van der Waals surface area contributed by atoms with E-state index in [1.165, 1.54) is 12.5 Å². The number of amides is 3. The fourth-order valence-corrected chi connectivity index (χ4v) is 2.89. The molecule has 4 unspecified atom stereocenters. The molecule has 0 aromatic carbocycles. The van der Waals surface area contributed by atoms with E-state index in [4.69, 9.17) is 10.8 Å². The monoisotopic (exact) mass is 458 g/mol. The van der Waals surface area contributed by atoms with E-state index in [0.717, 1.165) is 0 Å². The molecule has 174 valence electrons. The molecule has 0 fully saturated rings. The van der Waals surface area contributed by atoms with Crippen LogP contribution in [0.4, 0.5) is 0 Å². The second-order valence-corrected chi connectivity index (χ2v) is 7.77. The van der Waals surface area contributed by atoms with Gasteiger partial charge in [0.1, 0.15) is 18.1 Å². The summed E-state index contributed by atoms with van der Waals surface area (Å²) in [5.74, 6) is -3.50. The molecule has 0 saturated carbocycles. The number of hydrogen-bond acceptors (Lipinski definition) is 8. The van der Waals surface area contributed by atoms with Gasteiger partial charge >= 0.3 is 5.97 Å². The van der Waals surface area contributed by atoms with Crippen molar-refractivity contribution >= 4 is 36.3 Å². The maximum Gasteiger partial charge on any atom is 0.327 e. The highest BCUT2D eigenvalue weighted by Crippen LogP contribution is 2.04. The van der Waals surface area contributed by atoms with Crippen molar-refractivity contribution < 1.29 is 29.4 Å². The third-order valence-electron chi connectivity index (χ3n) is 4.29. The average Bonchev–Trinajstić information content (AvgIpc) is 3.21. The largest absolute Gasteiger partial charge is 0.480 e. The molecule has 0 aliphatic rings. The highest BCUT2D eigenvalue weighted by molar-refractivity contribution is 7.80. The Kier molecular flexibility index (Phi) is 11.0. The number of thiol groups is 1. The van der Waals surface area contributed by atoms with E-state index in [1.807, 2.05) is 13.8 Å². The number of aliphatic carboxylic acids is 1. The zero-order valence-electron chi connectivity index (χ0n) is 17.4. The summed E-state index contributed by atoms with van der Waals surface area (Å²) in [5, 5.41) is 25.8. The summed E-state index contributed by atoms with van der Waals surface area (Å²) >= 11 is 3.89. The van der Waals surface area contributed by atoms with Crippen molar-refractivity contribution in [1.29, 1.82) is 0 Å². The summed E-state index contributed by atoms with van der Waals surface area (Å²) in [6.45, 7) is 3.05. The molecular formula is C18H30N6O6S. The van der Waals surface area contributed by atoms with E-state index in [9.17, 15) is 24.3 Å². The van der Waals surface area contributed by atoms with E-state index < -0.39 is 54.5 Å². The predicted molar refractivity (Wildman–Crippen MR) is 114 cm³/mol. The van der Waals surface area contributed by atoms with E-state index in [1.54, 1.807) is 0 Å². The van der Waals surface area contributed by atoms with Gasteiger partial charge in [-0.2, -0.15) is 12.6 Å². The van der Waals surface area contributed by atoms with Gasteiger partial charge in [0.25, 0.3) is 0 Å². The first-order chi connectivity index (χ1) is 14.6. The lowest BCUT2D eigenvalue weighted by Crippen LogP contribution is -2.58. The number of aromatic nitrogens is 2. The lowest BCUT2D eigenvalue weighted by atomic mass is 10.0. The number of carboxylic acid groups (broad SMARTS) is 1. The highest BCUT2D eigenvalue weighted by atomic mass is 32.1. The van der Waals surface area contributed by atoms with Crippen molar-refractivity contribution in [2.75, 3.05) is 12.4 Å². The number of aromatic amines is 1.